The second-order valence-corrected chi connectivity index (χ2v) is 5.98. The predicted octanol–water partition coefficient (Wildman–Crippen LogP) is 4.68. The van der Waals surface area contributed by atoms with Gasteiger partial charge in [-0.2, -0.15) is 0 Å². The van der Waals surface area contributed by atoms with Crippen LogP contribution in [0.15, 0.2) is 17.5 Å². The highest BCUT2D eigenvalue weighted by Crippen LogP contribution is 2.30. The molecule has 6 heteroatoms. The topological polar surface area (TPSA) is 24.9 Å². The highest BCUT2D eigenvalue weighted by atomic mass is 35.5. The summed E-state index contributed by atoms with van der Waals surface area (Å²) < 4.78 is 0.802. The monoisotopic (exact) mass is 278 g/mol. The second kappa shape index (κ2) is 4.70. The number of thiophene rings is 1. The molecule has 1 unspecified atom stereocenters. The van der Waals surface area contributed by atoms with E-state index in [1.807, 2.05) is 12.1 Å². The van der Waals surface area contributed by atoms with E-state index in [1.54, 1.807) is 16.7 Å². The van der Waals surface area contributed by atoms with Crippen LogP contribution in [0.4, 0.5) is 5.13 Å². The molecule has 80 valence electrons. The lowest BCUT2D eigenvalue weighted by molar-refractivity contribution is 0.904. The molecule has 2 nitrogen and oxygen atoms in total. The average molecular weight is 279 g/mol. The van der Waals surface area contributed by atoms with Gasteiger partial charge in [-0.3, -0.25) is 0 Å². The molecule has 1 atom stereocenters. The van der Waals surface area contributed by atoms with Crippen LogP contribution in [0.25, 0.3) is 0 Å². The van der Waals surface area contributed by atoms with Gasteiger partial charge in [-0.1, -0.05) is 23.2 Å². The van der Waals surface area contributed by atoms with Crippen LogP contribution in [-0.2, 0) is 0 Å². The van der Waals surface area contributed by atoms with Gasteiger partial charge in [0.2, 0.25) is 0 Å². The van der Waals surface area contributed by atoms with Crippen molar-refractivity contribution in [2.24, 2.45) is 0 Å². The number of hydrogen-bond acceptors (Lipinski definition) is 4. The molecule has 0 aliphatic heterocycles. The number of thiazole rings is 1. The lowest BCUT2D eigenvalue weighted by atomic mass is 10.3. The van der Waals surface area contributed by atoms with E-state index in [-0.39, 0.29) is 6.04 Å². The molecule has 2 heterocycles. The van der Waals surface area contributed by atoms with Gasteiger partial charge in [-0.15, -0.1) is 22.7 Å². The predicted molar refractivity (Wildman–Crippen MR) is 68.5 cm³/mol. The van der Waals surface area contributed by atoms with Crippen molar-refractivity contribution < 1.29 is 0 Å². The first-order valence-corrected chi connectivity index (χ1v) is 6.73. The zero-order chi connectivity index (χ0) is 10.8. The Balaban J connectivity index is 2.06. The smallest absolute Gasteiger partial charge is 0.184 e. The van der Waals surface area contributed by atoms with Crippen LogP contribution in [0.3, 0.4) is 0 Å². The fourth-order valence-electron chi connectivity index (χ4n) is 1.14. The summed E-state index contributed by atoms with van der Waals surface area (Å²) in [6, 6.07) is 4.11. The molecule has 15 heavy (non-hydrogen) atoms. The van der Waals surface area contributed by atoms with Crippen LogP contribution in [0.5, 0.6) is 0 Å². The maximum Gasteiger partial charge on any atom is 0.184 e. The molecule has 2 aromatic rings. The van der Waals surface area contributed by atoms with Crippen LogP contribution in [0.2, 0.25) is 9.49 Å². The summed E-state index contributed by atoms with van der Waals surface area (Å²) in [5, 5.41) is 6.43. The molecule has 0 radical (unpaired) electrons. The molecule has 1 N–H and O–H groups in total. The molecule has 0 saturated heterocycles. The molecule has 0 aromatic carbocycles. The number of rotatable bonds is 3. The largest absolute Gasteiger partial charge is 0.354 e. The highest BCUT2D eigenvalue weighted by molar-refractivity contribution is 7.16. The van der Waals surface area contributed by atoms with E-state index >= 15 is 0 Å². The van der Waals surface area contributed by atoms with Crippen LogP contribution >= 0.6 is 45.9 Å². The number of aromatic nitrogens is 1. The van der Waals surface area contributed by atoms with Gasteiger partial charge >= 0.3 is 0 Å². The van der Waals surface area contributed by atoms with E-state index < -0.39 is 0 Å². The van der Waals surface area contributed by atoms with Gasteiger partial charge in [0.15, 0.2) is 5.13 Å². The summed E-state index contributed by atoms with van der Waals surface area (Å²) in [5.74, 6) is 0. The molecule has 0 bridgehead atoms. The lowest BCUT2D eigenvalue weighted by Crippen LogP contribution is -2.03. The molecule has 2 aromatic heterocycles. The van der Waals surface area contributed by atoms with E-state index in [0.29, 0.717) is 5.15 Å². The van der Waals surface area contributed by atoms with Crippen molar-refractivity contribution in [3.63, 3.8) is 0 Å². The zero-order valence-electron chi connectivity index (χ0n) is 7.83. The van der Waals surface area contributed by atoms with E-state index in [9.17, 15) is 0 Å². The number of hydrogen-bond donors (Lipinski definition) is 1. The SMILES string of the molecule is CC(Nc1nc(Cl)cs1)c1ccc(Cl)s1. The van der Waals surface area contributed by atoms with Crippen molar-refractivity contribution in [3.05, 3.63) is 31.9 Å². The third-order valence-corrected chi connectivity index (χ3v) is 4.35. The zero-order valence-corrected chi connectivity index (χ0v) is 11.0. The minimum absolute atomic E-state index is 0.199. The van der Waals surface area contributed by atoms with Crippen molar-refractivity contribution >= 4 is 51.0 Å². The van der Waals surface area contributed by atoms with Crippen LogP contribution < -0.4 is 5.32 Å². The quantitative estimate of drug-likeness (QED) is 0.882. The molecule has 0 amide bonds. The fraction of sp³-hybridized carbons (Fsp3) is 0.222. The Morgan fingerprint density at radius 2 is 2.20 bits per heavy atom. The summed E-state index contributed by atoms with van der Waals surface area (Å²) in [7, 11) is 0. The van der Waals surface area contributed by atoms with Crippen molar-refractivity contribution in [1.82, 2.24) is 4.98 Å². The molecular formula is C9H8Cl2N2S2. The first-order chi connectivity index (χ1) is 7.15. The minimum Gasteiger partial charge on any atom is -0.354 e. The maximum atomic E-state index is 5.87. The van der Waals surface area contributed by atoms with Gasteiger partial charge in [0.25, 0.3) is 0 Å². The Bertz CT molecular complexity index is 452. The van der Waals surface area contributed by atoms with Crippen molar-refractivity contribution in [3.8, 4) is 0 Å². The summed E-state index contributed by atoms with van der Waals surface area (Å²) >= 11 is 14.7. The first-order valence-electron chi connectivity index (χ1n) is 4.28. The minimum atomic E-state index is 0.199. The van der Waals surface area contributed by atoms with Crippen molar-refractivity contribution in [2.45, 2.75) is 13.0 Å². The van der Waals surface area contributed by atoms with Gasteiger partial charge < -0.3 is 5.32 Å². The average Bonchev–Trinajstić information content (AvgIpc) is 2.75. The number of halogens is 2. The molecule has 2 rings (SSSR count). The summed E-state index contributed by atoms with van der Waals surface area (Å²) in [5.41, 5.74) is 0. The Morgan fingerprint density at radius 1 is 1.40 bits per heavy atom. The normalized spacial score (nSPS) is 12.7. The van der Waals surface area contributed by atoms with E-state index in [2.05, 4.69) is 17.2 Å². The summed E-state index contributed by atoms with van der Waals surface area (Å²) in [4.78, 5) is 5.31. The molecule has 0 aliphatic carbocycles. The number of anilines is 1. The fourth-order valence-corrected chi connectivity index (χ4v) is 3.13. The van der Waals surface area contributed by atoms with E-state index in [4.69, 9.17) is 23.2 Å². The van der Waals surface area contributed by atoms with E-state index in [0.717, 1.165) is 9.47 Å². The Morgan fingerprint density at radius 3 is 2.73 bits per heavy atom. The van der Waals surface area contributed by atoms with Crippen LogP contribution in [0, 0.1) is 0 Å². The lowest BCUT2D eigenvalue weighted by Gasteiger charge is -2.09. The van der Waals surface area contributed by atoms with Gasteiger partial charge in [0, 0.05) is 10.3 Å². The standard InChI is InChI=1S/C9H8Cl2N2S2/c1-5(6-2-3-8(11)15-6)12-9-13-7(10)4-14-9/h2-5H,1H3,(H,12,13). The van der Waals surface area contributed by atoms with Gasteiger partial charge in [-0.25, -0.2) is 4.98 Å². The third kappa shape index (κ3) is 2.84. The Kier molecular flexibility index (Phi) is 3.51. The number of nitrogens with zero attached hydrogens (tertiary/aromatic N) is 1. The maximum absolute atomic E-state index is 5.87. The summed E-state index contributed by atoms with van der Waals surface area (Å²) in [6.07, 6.45) is 0. The van der Waals surface area contributed by atoms with Crippen LogP contribution in [-0.4, -0.2) is 4.98 Å². The second-order valence-electron chi connectivity index (χ2n) is 2.98. The Hall–Kier alpha value is -0.290. The van der Waals surface area contributed by atoms with Crippen molar-refractivity contribution in [1.29, 1.82) is 0 Å². The molecule has 0 saturated carbocycles. The van der Waals surface area contributed by atoms with Crippen LogP contribution in [0.1, 0.15) is 17.8 Å². The Labute approximate surface area is 106 Å². The molecule has 0 fully saturated rings. The molecule has 0 aliphatic rings. The van der Waals surface area contributed by atoms with E-state index in [1.165, 1.54) is 16.2 Å². The summed E-state index contributed by atoms with van der Waals surface area (Å²) in [6.45, 7) is 2.07. The highest BCUT2D eigenvalue weighted by Gasteiger charge is 2.09. The molecule has 0 spiro atoms. The van der Waals surface area contributed by atoms with Gasteiger partial charge in [-0.05, 0) is 19.1 Å². The molecular weight excluding hydrogens is 271 g/mol. The number of nitrogens with one attached hydrogen (secondary N) is 1. The van der Waals surface area contributed by atoms with Gasteiger partial charge in [0.05, 0.1) is 10.4 Å². The van der Waals surface area contributed by atoms with Crippen molar-refractivity contribution in [2.75, 3.05) is 5.32 Å². The van der Waals surface area contributed by atoms with Gasteiger partial charge in [0.1, 0.15) is 5.15 Å². The first kappa shape index (κ1) is 11.2. The third-order valence-electron chi connectivity index (χ3n) is 1.84.